The lowest BCUT2D eigenvalue weighted by Crippen LogP contribution is -2.58. The van der Waals surface area contributed by atoms with E-state index in [9.17, 15) is 24.3 Å². The minimum absolute atomic E-state index is 0.00988. The zero-order valence-electron chi connectivity index (χ0n) is 26.8. The number of allylic oxidation sites excluding steroid dienone is 4. The minimum Gasteiger partial charge on any atom is -0.508 e. The number of benzene rings is 4. The number of anilines is 1. The van der Waals surface area contributed by atoms with Crippen LogP contribution in [0.2, 0.25) is 0 Å². The lowest BCUT2D eigenvalue weighted by atomic mass is 9.44. The van der Waals surface area contributed by atoms with Crippen LogP contribution in [0.1, 0.15) is 52.7 Å². The molecule has 4 aromatic rings. The average molecular weight is 648 g/mol. The van der Waals surface area contributed by atoms with Gasteiger partial charge in [0.1, 0.15) is 5.75 Å². The predicted octanol–water partition coefficient (Wildman–Crippen LogP) is 6.62. The number of fused-ring (bicyclic) bond motifs is 4. The maximum atomic E-state index is 15.0. The van der Waals surface area contributed by atoms with Crippen molar-refractivity contribution in [1.82, 2.24) is 0 Å². The lowest BCUT2D eigenvalue weighted by Gasteiger charge is -2.55. The van der Waals surface area contributed by atoms with E-state index < -0.39 is 35.0 Å². The van der Waals surface area contributed by atoms with Crippen molar-refractivity contribution in [2.45, 2.75) is 31.1 Å². The minimum atomic E-state index is -1.40. The number of ketones is 3. The van der Waals surface area contributed by atoms with Crippen LogP contribution in [0.4, 0.5) is 5.69 Å². The van der Waals surface area contributed by atoms with Gasteiger partial charge in [-0.15, -0.1) is 0 Å². The molecule has 1 N–H and O–H groups in total. The molecule has 0 bridgehead atoms. The number of aromatic hydroxyl groups is 1. The second kappa shape index (κ2) is 11.5. The normalized spacial score (nSPS) is 27.5. The Morgan fingerprint density at radius 1 is 0.776 bits per heavy atom. The summed E-state index contributed by atoms with van der Waals surface area (Å²) in [5, 5.41) is 11.4. The Morgan fingerprint density at radius 2 is 1.43 bits per heavy atom. The van der Waals surface area contributed by atoms with Crippen molar-refractivity contribution in [1.29, 1.82) is 0 Å². The summed E-state index contributed by atoms with van der Waals surface area (Å²) in [6.07, 6.45) is 3.90. The maximum absolute atomic E-state index is 15.0. The number of imide groups is 1. The first-order valence-corrected chi connectivity index (χ1v) is 16.6. The van der Waals surface area contributed by atoms with Crippen molar-refractivity contribution in [3.05, 3.63) is 149 Å². The van der Waals surface area contributed by atoms with Crippen LogP contribution in [0.5, 0.6) is 5.75 Å². The molecule has 4 aromatic carbocycles. The Kier molecular flexibility index (Phi) is 7.18. The molecular formula is C42H33NO6. The number of phenols is 1. The van der Waals surface area contributed by atoms with Crippen molar-refractivity contribution < 1.29 is 29.1 Å². The Morgan fingerprint density at radius 3 is 2.10 bits per heavy atom. The molecule has 8 rings (SSSR count). The number of rotatable bonds is 5. The molecule has 2 amide bonds. The zero-order chi connectivity index (χ0) is 34.0. The zero-order valence-corrected chi connectivity index (χ0v) is 26.8. The van der Waals surface area contributed by atoms with Gasteiger partial charge in [0.2, 0.25) is 11.8 Å². The maximum Gasteiger partial charge on any atom is 0.238 e. The summed E-state index contributed by atoms with van der Waals surface area (Å²) in [5.74, 6) is -4.89. The first-order chi connectivity index (χ1) is 23.7. The highest BCUT2D eigenvalue weighted by Crippen LogP contribution is 2.64. The van der Waals surface area contributed by atoms with E-state index in [1.165, 1.54) is 17.9 Å². The topological polar surface area (TPSA) is 109 Å². The Bertz CT molecular complexity index is 2120. The predicted molar refractivity (Wildman–Crippen MR) is 184 cm³/mol. The highest BCUT2D eigenvalue weighted by Gasteiger charge is 2.66. The van der Waals surface area contributed by atoms with Gasteiger partial charge in [0, 0.05) is 28.5 Å². The fourth-order valence-electron chi connectivity index (χ4n) is 9.05. The van der Waals surface area contributed by atoms with Gasteiger partial charge in [0.15, 0.2) is 17.3 Å². The number of nitrogens with zero attached hydrogens (tertiary/aromatic N) is 1. The second-order valence-electron chi connectivity index (χ2n) is 13.5. The summed E-state index contributed by atoms with van der Waals surface area (Å²) in [6.45, 7) is 1.46. The Labute approximate surface area is 283 Å². The standard InChI is InChI=1S/C42H33NO6/c1-24(44)25-16-18-28(19-17-25)43-40(48)31-21-20-29-33(37(31)41(43)49)22-34-39(47)32(26-10-4-2-5-11-26)23-36(46)42(34,27-12-6-3-7-13-27)38(29)30-14-8-9-15-35(30)45/h2-20,23,31,33-34,37-38,45H,21-22H2,1H3. The average Bonchev–Trinajstić information content (AvgIpc) is 3.39. The fraction of sp³-hybridized carbons (Fsp3) is 0.214. The first-order valence-electron chi connectivity index (χ1n) is 16.6. The van der Waals surface area contributed by atoms with Crippen LogP contribution in [-0.4, -0.2) is 34.3 Å². The van der Waals surface area contributed by atoms with Gasteiger partial charge in [0.05, 0.1) is 22.9 Å². The molecule has 3 aliphatic carbocycles. The van der Waals surface area contributed by atoms with Crippen LogP contribution in [-0.2, 0) is 24.6 Å². The molecule has 242 valence electrons. The smallest absolute Gasteiger partial charge is 0.238 e. The van der Waals surface area contributed by atoms with E-state index in [1.54, 1.807) is 48.5 Å². The van der Waals surface area contributed by atoms with Gasteiger partial charge in [-0.2, -0.15) is 0 Å². The molecule has 7 nitrogen and oxygen atoms in total. The van der Waals surface area contributed by atoms with E-state index in [2.05, 4.69) is 0 Å². The quantitative estimate of drug-likeness (QED) is 0.148. The number of para-hydroxylation sites is 1. The van der Waals surface area contributed by atoms with Crippen molar-refractivity contribution in [3.63, 3.8) is 0 Å². The molecular weight excluding hydrogens is 614 g/mol. The van der Waals surface area contributed by atoms with E-state index in [0.717, 1.165) is 5.57 Å². The SMILES string of the molecule is CC(=O)c1ccc(N2C(=O)C3CC=C4C(CC5C(=O)C(c6ccccc6)=CC(=O)C5(c5ccccc5)C4c4ccccc4O)C3C2=O)cc1. The van der Waals surface area contributed by atoms with Gasteiger partial charge in [-0.05, 0) is 73.2 Å². The Hall–Kier alpha value is -5.69. The van der Waals surface area contributed by atoms with E-state index in [1.807, 2.05) is 66.7 Å². The van der Waals surface area contributed by atoms with Crippen LogP contribution in [0, 0.1) is 23.7 Å². The summed E-state index contributed by atoms with van der Waals surface area (Å²) in [5.41, 5.74) is 2.36. The number of phenolic OH excluding ortho intramolecular Hbond substituents is 1. The van der Waals surface area contributed by atoms with Gasteiger partial charge >= 0.3 is 0 Å². The summed E-state index contributed by atoms with van der Waals surface area (Å²) in [6, 6.07) is 31.8. The van der Waals surface area contributed by atoms with Crippen molar-refractivity contribution in [2.24, 2.45) is 23.7 Å². The molecule has 1 saturated carbocycles. The van der Waals surface area contributed by atoms with Gasteiger partial charge < -0.3 is 5.11 Å². The van der Waals surface area contributed by atoms with Crippen molar-refractivity contribution >= 4 is 40.4 Å². The van der Waals surface area contributed by atoms with Crippen LogP contribution in [0.3, 0.4) is 0 Å². The van der Waals surface area contributed by atoms with Gasteiger partial charge in [-0.1, -0.05) is 90.5 Å². The molecule has 2 fully saturated rings. The third kappa shape index (κ3) is 4.45. The summed E-state index contributed by atoms with van der Waals surface area (Å²) in [7, 11) is 0. The molecule has 7 heteroatoms. The highest BCUT2D eigenvalue weighted by molar-refractivity contribution is 6.32. The molecule has 49 heavy (non-hydrogen) atoms. The monoisotopic (exact) mass is 647 g/mol. The summed E-state index contributed by atoms with van der Waals surface area (Å²) in [4.78, 5) is 71.6. The van der Waals surface area contributed by atoms with E-state index in [4.69, 9.17) is 0 Å². The summed E-state index contributed by atoms with van der Waals surface area (Å²) >= 11 is 0. The molecule has 4 aliphatic rings. The number of hydrogen-bond acceptors (Lipinski definition) is 6. The lowest BCUT2D eigenvalue weighted by molar-refractivity contribution is -0.135. The Balaban J connectivity index is 1.33. The van der Waals surface area contributed by atoms with Crippen LogP contribution < -0.4 is 4.90 Å². The third-order valence-electron chi connectivity index (χ3n) is 11.2. The molecule has 0 spiro atoms. The number of Topliss-reactive ketones (excluding diaryl/α,β-unsaturated/α-hetero) is 2. The molecule has 1 aliphatic heterocycles. The van der Waals surface area contributed by atoms with Gasteiger partial charge in [-0.25, -0.2) is 0 Å². The fourth-order valence-corrected chi connectivity index (χ4v) is 9.05. The molecule has 1 saturated heterocycles. The molecule has 0 radical (unpaired) electrons. The molecule has 6 atom stereocenters. The van der Waals surface area contributed by atoms with Crippen molar-refractivity contribution in [2.75, 3.05) is 4.90 Å². The van der Waals surface area contributed by atoms with Crippen LogP contribution in [0.15, 0.2) is 127 Å². The largest absolute Gasteiger partial charge is 0.508 e. The second-order valence-corrected chi connectivity index (χ2v) is 13.5. The van der Waals surface area contributed by atoms with Crippen LogP contribution in [0.25, 0.3) is 5.57 Å². The number of carbonyl (C=O) groups excluding carboxylic acids is 5. The molecule has 1 heterocycles. The number of carbonyl (C=O) groups is 5. The van der Waals surface area contributed by atoms with Gasteiger partial charge in [0.25, 0.3) is 0 Å². The van der Waals surface area contributed by atoms with E-state index in [0.29, 0.717) is 33.5 Å². The van der Waals surface area contributed by atoms with E-state index >= 15 is 4.79 Å². The number of hydrogen-bond donors (Lipinski definition) is 1. The van der Waals surface area contributed by atoms with Crippen molar-refractivity contribution in [3.8, 4) is 5.75 Å². The van der Waals surface area contributed by atoms with E-state index in [-0.39, 0.29) is 47.8 Å². The number of amides is 2. The van der Waals surface area contributed by atoms with Crippen LogP contribution >= 0.6 is 0 Å². The summed E-state index contributed by atoms with van der Waals surface area (Å²) < 4.78 is 0. The highest BCUT2D eigenvalue weighted by atomic mass is 16.3. The van der Waals surface area contributed by atoms with Gasteiger partial charge in [-0.3, -0.25) is 28.9 Å². The first kappa shape index (κ1) is 30.6. The molecule has 0 aromatic heterocycles. The molecule has 6 unspecified atom stereocenters. The third-order valence-corrected chi connectivity index (χ3v) is 11.2.